The van der Waals surface area contributed by atoms with Crippen molar-refractivity contribution >= 4 is 29.3 Å². The number of rotatable bonds is 9. The minimum atomic E-state index is -4.26. The molecule has 9 atom stereocenters. The number of carbonyl (C=O) groups is 1. The van der Waals surface area contributed by atoms with Crippen LogP contribution in [-0.2, 0) is 33.7 Å². The van der Waals surface area contributed by atoms with Gasteiger partial charge in [0.1, 0.15) is 5.82 Å². The van der Waals surface area contributed by atoms with Gasteiger partial charge >= 0.3 is 12.1 Å². The molecule has 6 rings (SSSR count). The Kier molecular flexibility index (Phi) is 10.2. The van der Waals surface area contributed by atoms with Crippen LogP contribution in [0, 0.1) is 24.7 Å². The molecule has 0 radical (unpaired) electrons. The van der Waals surface area contributed by atoms with Crippen LogP contribution in [0.1, 0.15) is 69.0 Å². The van der Waals surface area contributed by atoms with Gasteiger partial charge in [0.25, 0.3) is 5.56 Å². The summed E-state index contributed by atoms with van der Waals surface area (Å²) in [6.07, 6.45) is 2.24. The first-order valence-corrected chi connectivity index (χ1v) is 18.0. The standard InChI is InChI=1S/C32H46ClF3N4O4S/c1-17-12-23(29-28(37-17)25(15-45-29)31(42)43-3)22-13-19(33)4-9-27(22)44-11-10-39-18(2)38-26-8-7-21(14-24(26)30(39)41)40(20-5-6-20)16-32(34,35)36/h17,19-23,25,27-29,37H,4-16H2,1-3H3. The number of hydrogen-bond acceptors (Lipinski definition) is 8. The molecular weight excluding hydrogens is 629 g/mol. The average molecular weight is 675 g/mol. The van der Waals surface area contributed by atoms with Crippen LogP contribution in [0.4, 0.5) is 13.2 Å². The van der Waals surface area contributed by atoms with Gasteiger partial charge < -0.3 is 14.8 Å². The van der Waals surface area contributed by atoms with Crippen molar-refractivity contribution < 1.29 is 27.4 Å². The molecule has 0 aromatic carbocycles. The number of halogens is 4. The summed E-state index contributed by atoms with van der Waals surface area (Å²) >= 11 is 8.59. The predicted molar refractivity (Wildman–Crippen MR) is 168 cm³/mol. The summed E-state index contributed by atoms with van der Waals surface area (Å²) in [5.41, 5.74) is 1.13. The summed E-state index contributed by atoms with van der Waals surface area (Å²) in [5, 5.41) is 4.03. The highest BCUT2D eigenvalue weighted by molar-refractivity contribution is 8.00. The average Bonchev–Trinajstić information content (AvgIpc) is 3.75. The molecule has 8 nitrogen and oxygen atoms in total. The Morgan fingerprint density at radius 1 is 1.16 bits per heavy atom. The van der Waals surface area contributed by atoms with E-state index in [2.05, 4.69) is 12.2 Å². The highest BCUT2D eigenvalue weighted by Gasteiger charge is 2.52. The van der Waals surface area contributed by atoms with Gasteiger partial charge in [-0.15, -0.1) is 11.6 Å². The van der Waals surface area contributed by atoms with E-state index in [-0.39, 0.29) is 64.3 Å². The smallest absolute Gasteiger partial charge is 0.401 e. The zero-order chi connectivity index (χ0) is 32.0. The molecule has 3 heterocycles. The van der Waals surface area contributed by atoms with Crippen molar-refractivity contribution in [3.05, 3.63) is 27.4 Å². The lowest BCUT2D eigenvalue weighted by molar-refractivity contribution is -0.153. The zero-order valence-corrected chi connectivity index (χ0v) is 27.9. The van der Waals surface area contributed by atoms with Crippen LogP contribution in [0.2, 0.25) is 0 Å². The van der Waals surface area contributed by atoms with Crippen LogP contribution in [-0.4, -0.2) is 93.5 Å². The number of aromatic nitrogens is 2. The Hall–Kier alpha value is -1.34. The van der Waals surface area contributed by atoms with Gasteiger partial charge in [0, 0.05) is 46.1 Å². The number of ether oxygens (including phenoxy) is 2. The quantitative estimate of drug-likeness (QED) is 0.303. The molecule has 1 aromatic rings. The fraction of sp³-hybridized carbons (Fsp3) is 0.844. The van der Waals surface area contributed by atoms with Crippen LogP contribution in [0.15, 0.2) is 4.79 Å². The van der Waals surface area contributed by atoms with Crippen molar-refractivity contribution in [3.63, 3.8) is 0 Å². The Bertz CT molecular complexity index is 1300. The third kappa shape index (κ3) is 7.39. The van der Waals surface area contributed by atoms with E-state index in [1.54, 1.807) is 9.47 Å². The van der Waals surface area contributed by atoms with Crippen LogP contribution in [0.5, 0.6) is 0 Å². The van der Waals surface area contributed by atoms with Crippen molar-refractivity contribution in [1.82, 2.24) is 19.8 Å². The molecule has 13 heteroatoms. The van der Waals surface area contributed by atoms with Gasteiger partial charge in [-0.2, -0.15) is 24.9 Å². The third-order valence-electron chi connectivity index (χ3n) is 10.8. The van der Waals surface area contributed by atoms with Crippen LogP contribution in [0.3, 0.4) is 0 Å². The Labute approximate surface area is 272 Å². The number of piperidine rings is 1. The first-order chi connectivity index (χ1) is 21.4. The molecule has 0 spiro atoms. The van der Waals surface area contributed by atoms with E-state index < -0.39 is 12.7 Å². The fourth-order valence-electron chi connectivity index (χ4n) is 8.58. The first kappa shape index (κ1) is 33.6. The molecule has 0 bridgehead atoms. The van der Waals surface area contributed by atoms with Gasteiger partial charge in [-0.05, 0) is 83.5 Å². The minimum Gasteiger partial charge on any atom is -0.469 e. The van der Waals surface area contributed by atoms with E-state index in [0.717, 1.165) is 50.0 Å². The second-order valence-corrected chi connectivity index (χ2v) is 15.7. The topological polar surface area (TPSA) is 85.7 Å². The van der Waals surface area contributed by atoms with E-state index in [0.29, 0.717) is 49.7 Å². The summed E-state index contributed by atoms with van der Waals surface area (Å²) in [7, 11) is 1.45. The second kappa shape index (κ2) is 13.6. The molecule has 1 aromatic heterocycles. The van der Waals surface area contributed by atoms with Crippen molar-refractivity contribution in [3.8, 4) is 0 Å². The maximum atomic E-state index is 13.7. The minimum absolute atomic E-state index is 0.00540. The van der Waals surface area contributed by atoms with Crippen LogP contribution in [0.25, 0.3) is 0 Å². The molecule has 5 aliphatic rings. The molecule has 252 valence electrons. The number of fused-ring (bicyclic) bond motifs is 2. The number of thioether (sulfide) groups is 1. The molecule has 2 saturated carbocycles. The molecule has 9 unspecified atom stereocenters. The molecule has 1 N–H and O–H groups in total. The lowest BCUT2D eigenvalue weighted by Gasteiger charge is -2.47. The number of methoxy groups -OCH3 is 1. The monoisotopic (exact) mass is 674 g/mol. The molecule has 45 heavy (non-hydrogen) atoms. The highest BCUT2D eigenvalue weighted by Crippen LogP contribution is 2.48. The lowest BCUT2D eigenvalue weighted by Crippen LogP contribution is -2.57. The number of alkyl halides is 4. The van der Waals surface area contributed by atoms with Crippen LogP contribution < -0.4 is 10.9 Å². The van der Waals surface area contributed by atoms with E-state index in [4.69, 9.17) is 26.1 Å². The molecular formula is C32H46ClF3N4O4S. The summed E-state index contributed by atoms with van der Waals surface area (Å²) in [6, 6.07) is -0.0258. The van der Waals surface area contributed by atoms with Gasteiger partial charge in [0.15, 0.2) is 0 Å². The maximum absolute atomic E-state index is 13.7. The molecule has 0 amide bonds. The van der Waals surface area contributed by atoms with E-state index in [9.17, 15) is 22.8 Å². The highest BCUT2D eigenvalue weighted by atomic mass is 35.5. The third-order valence-corrected chi connectivity index (χ3v) is 12.8. The second-order valence-electron chi connectivity index (χ2n) is 13.9. The Morgan fingerprint density at radius 2 is 1.93 bits per heavy atom. The number of hydrogen-bond donors (Lipinski definition) is 1. The summed E-state index contributed by atoms with van der Waals surface area (Å²) < 4.78 is 53.5. The summed E-state index contributed by atoms with van der Waals surface area (Å²) in [4.78, 5) is 32.6. The van der Waals surface area contributed by atoms with Gasteiger partial charge in [0.05, 0.1) is 44.5 Å². The van der Waals surface area contributed by atoms with Gasteiger partial charge in [-0.25, -0.2) is 4.98 Å². The number of esters is 1. The van der Waals surface area contributed by atoms with E-state index >= 15 is 0 Å². The number of nitrogens with one attached hydrogen (secondary N) is 1. The molecule has 2 saturated heterocycles. The van der Waals surface area contributed by atoms with Gasteiger partial charge in [0.2, 0.25) is 0 Å². The molecule has 4 fully saturated rings. The summed E-state index contributed by atoms with van der Waals surface area (Å²) in [5.74, 6) is 1.61. The van der Waals surface area contributed by atoms with Gasteiger partial charge in [-0.1, -0.05) is 0 Å². The number of aryl methyl sites for hydroxylation is 2. The SMILES string of the molecule is COC(=O)C1CSC2C(C3CC(Cl)CCC3OCCn3c(C)nc4c(c3=O)CC(N(CC(F)(F)F)C3CC3)CC4)CC(C)NC12. The van der Waals surface area contributed by atoms with E-state index in [1.807, 2.05) is 18.7 Å². The maximum Gasteiger partial charge on any atom is 0.401 e. The Morgan fingerprint density at radius 3 is 2.64 bits per heavy atom. The Balaban J connectivity index is 1.14. The number of carbonyl (C=O) groups excluding carboxylic acids is 1. The zero-order valence-electron chi connectivity index (χ0n) is 26.4. The van der Waals surface area contributed by atoms with E-state index in [1.165, 1.54) is 7.11 Å². The van der Waals surface area contributed by atoms with Crippen molar-refractivity contribution in [1.29, 1.82) is 0 Å². The predicted octanol–water partition coefficient (Wildman–Crippen LogP) is 4.50. The molecule has 3 aliphatic carbocycles. The van der Waals surface area contributed by atoms with Crippen molar-refractivity contribution in [2.24, 2.45) is 17.8 Å². The van der Waals surface area contributed by atoms with Crippen molar-refractivity contribution in [2.45, 2.75) is 125 Å². The summed E-state index contributed by atoms with van der Waals surface area (Å²) in [6.45, 7) is 3.75. The largest absolute Gasteiger partial charge is 0.469 e. The molecule has 2 aliphatic heterocycles. The normalized spacial score (nSPS) is 35.2. The van der Waals surface area contributed by atoms with Crippen molar-refractivity contribution in [2.75, 3.05) is 26.0 Å². The fourth-order valence-corrected chi connectivity index (χ4v) is 10.7. The first-order valence-electron chi connectivity index (χ1n) is 16.6. The van der Waals surface area contributed by atoms with Crippen LogP contribution >= 0.6 is 23.4 Å². The lowest BCUT2D eigenvalue weighted by atomic mass is 9.70. The number of nitrogens with zero attached hydrogens (tertiary/aromatic N) is 3. The van der Waals surface area contributed by atoms with Gasteiger partial charge in [-0.3, -0.25) is 19.1 Å².